The lowest BCUT2D eigenvalue weighted by molar-refractivity contribution is -0.116. The van der Waals surface area contributed by atoms with Crippen molar-refractivity contribution in [1.82, 2.24) is 0 Å². The van der Waals surface area contributed by atoms with Crippen LogP contribution in [-0.4, -0.2) is 18.8 Å². The van der Waals surface area contributed by atoms with Crippen molar-refractivity contribution in [2.45, 2.75) is 24.8 Å². The molecule has 1 amide bonds. The highest BCUT2D eigenvalue weighted by Gasteiger charge is 2.43. The van der Waals surface area contributed by atoms with Crippen molar-refractivity contribution in [3.63, 3.8) is 0 Å². The number of ketones is 1. The highest BCUT2D eigenvalue weighted by atomic mass is 16.5. The Labute approximate surface area is 208 Å². The molecule has 2 atom stereocenters. The molecule has 2 aromatic carbocycles. The van der Waals surface area contributed by atoms with Crippen molar-refractivity contribution in [1.29, 1.82) is 0 Å². The molecule has 7 heteroatoms. The summed E-state index contributed by atoms with van der Waals surface area (Å²) in [5, 5.41) is 3.49. The number of furan rings is 2. The van der Waals surface area contributed by atoms with Gasteiger partial charge in [0, 0.05) is 29.2 Å². The minimum Gasteiger partial charge on any atom is -0.497 e. The maximum absolute atomic E-state index is 14.1. The van der Waals surface area contributed by atoms with Gasteiger partial charge < -0.3 is 18.9 Å². The maximum Gasteiger partial charge on any atom is 0.259 e. The van der Waals surface area contributed by atoms with Crippen molar-refractivity contribution >= 4 is 23.1 Å². The van der Waals surface area contributed by atoms with E-state index in [1.807, 2.05) is 42.5 Å². The van der Waals surface area contributed by atoms with Crippen LogP contribution < -0.4 is 15.0 Å². The van der Waals surface area contributed by atoms with Crippen molar-refractivity contribution in [3.05, 3.63) is 114 Å². The van der Waals surface area contributed by atoms with Crippen molar-refractivity contribution in [3.8, 4) is 5.75 Å². The van der Waals surface area contributed by atoms with E-state index in [1.54, 1.807) is 54.9 Å². The lowest BCUT2D eigenvalue weighted by Crippen LogP contribution is -2.38. The topological polar surface area (TPSA) is 84.9 Å². The fraction of sp³-hybridized carbons (Fsp3) is 0.172. The molecule has 1 N–H and O–H groups in total. The van der Waals surface area contributed by atoms with E-state index in [9.17, 15) is 9.59 Å². The first kappa shape index (κ1) is 22.0. The van der Waals surface area contributed by atoms with E-state index in [4.69, 9.17) is 13.6 Å². The van der Waals surface area contributed by atoms with E-state index in [2.05, 4.69) is 5.32 Å². The number of allylic oxidation sites excluding steroid dienone is 1. The summed E-state index contributed by atoms with van der Waals surface area (Å²) in [5.41, 5.74) is 3.19. The predicted molar refractivity (Wildman–Crippen MR) is 134 cm³/mol. The van der Waals surface area contributed by atoms with Gasteiger partial charge in [-0.15, -0.1) is 0 Å². The summed E-state index contributed by atoms with van der Waals surface area (Å²) in [6.45, 7) is 0. The van der Waals surface area contributed by atoms with Gasteiger partial charge in [0.1, 0.15) is 23.3 Å². The number of nitrogens with one attached hydrogen (secondary N) is 1. The number of rotatable bonds is 4. The van der Waals surface area contributed by atoms with E-state index in [0.717, 1.165) is 17.1 Å². The molecule has 180 valence electrons. The van der Waals surface area contributed by atoms with Crippen LogP contribution in [0.1, 0.15) is 46.7 Å². The molecule has 0 saturated heterocycles. The highest BCUT2D eigenvalue weighted by Crippen LogP contribution is 2.47. The van der Waals surface area contributed by atoms with Crippen LogP contribution in [0, 0.1) is 0 Å². The van der Waals surface area contributed by atoms with Gasteiger partial charge in [0.05, 0.1) is 31.0 Å². The normalized spacial score (nSPS) is 19.2. The summed E-state index contributed by atoms with van der Waals surface area (Å²) in [6, 6.07) is 21.1. The third kappa shape index (κ3) is 3.69. The number of hydrogen-bond donors (Lipinski definition) is 1. The summed E-state index contributed by atoms with van der Waals surface area (Å²) in [6.07, 6.45) is 4.05. The van der Waals surface area contributed by atoms with Gasteiger partial charge in [0.2, 0.25) is 0 Å². The molecule has 0 saturated carbocycles. The quantitative estimate of drug-likeness (QED) is 0.380. The molecule has 6 rings (SSSR count). The standard InChI is InChI=1S/C29H24N2O5/c1-34-20-12-10-18(11-13-20)29(33)31-23-7-3-2-6-21(23)30-22-16-19(25-8-4-14-35-25)17-24(32)27(22)28(31)26-9-5-15-36-26/h2-15,19,28,30H,16-17H2,1H3/t19-,28-/m0/s1. The molecule has 2 aromatic heterocycles. The lowest BCUT2D eigenvalue weighted by atomic mass is 9.81. The number of benzene rings is 2. The molecule has 0 radical (unpaired) electrons. The fourth-order valence-electron chi connectivity index (χ4n) is 5.13. The first-order valence-corrected chi connectivity index (χ1v) is 11.8. The van der Waals surface area contributed by atoms with Gasteiger partial charge in [-0.25, -0.2) is 0 Å². The molecule has 7 nitrogen and oxygen atoms in total. The molecule has 36 heavy (non-hydrogen) atoms. The molecule has 2 aliphatic rings. The summed E-state index contributed by atoms with van der Waals surface area (Å²) in [4.78, 5) is 29.6. The zero-order chi connectivity index (χ0) is 24.6. The molecule has 0 fully saturated rings. The second-order valence-corrected chi connectivity index (χ2v) is 8.90. The number of carbonyl (C=O) groups excluding carboxylic acids is 2. The number of hydrogen-bond acceptors (Lipinski definition) is 6. The van der Waals surface area contributed by atoms with Crippen molar-refractivity contribution in [2.24, 2.45) is 0 Å². The number of anilines is 2. The SMILES string of the molecule is COc1ccc(C(=O)N2c3ccccc3NC3=C(C(=O)C[C@@H](c4ccco4)C3)[C@@H]2c2ccco2)cc1. The minimum atomic E-state index is -0.731. The van der Waals surface area contributed by atoms with Gasteiger partial charge in [-0.05, 0) is 67.1 Å². The maximum atomic E-state index is 14.1. The Morgan fingerprint density at radius 2 is 1.64 bits per heavy atom. The smallest absolute Gasteiger partial charge is 0.259 e. The average molecular weight is 481 g/mol. The Balaban J connectivity index is 1.53. The first-order chi connectivity index (χ1) is 17.6. The number of fused-ring (bicyclic) bond motifs is 1. The van der Waals surface area contributed by atoms with Crippen LogP contribution in [0.2, 0.25) is 0 Å². The molecular formula is C29H24N2O5. The minimum absolute atomic E-state index is 0.0492. The summed E-state index contributed by atoms with van der Waals surface area (Å²) in [7, 11) is 1.58. The van der Waals surface area contributed by atoms with Crippen LogP contribution in [0.4, 0.5) is 11.4 Å². The Morgan fingerprint density at radius 3 is 2.33 bits per heavy atom. The van der Waals surface area contributed by atoms with Gasteiger partial charge in [-0.3, -0.25) is 14.5 Å². The van der Waals surface area contributed by atoms with Crippen LogP contribution in [0.15, 0.2) is 105 Å². The van der Waals surface area contributed by atoms with Gasteiger partial charge in [-0.2, -0.15) is 0 Å². The second kappa shape index (κ2) is 8.92. The zero-order valence-corrected chi connectivity index (χ0v) is 19.6. The van der Waals surface area contributed by atoms with E-state index >= 15 is 0 Å². The Hall–Kier alpha value is -4.52. The number of methoxy groups -OCH3 is 1. The van der Waals surface area contributed by atoms with E-state index in [-0.39, 0.29) is 24.0 Å². The largest absolute Gasteiger partial charge is 0.497 e. The Bertz CT molecular complexity index is 1440. The third-order valence-corrected chi connectivity index (χ3v) is 6.80. The Morgan fingerprint density at radius 1 is 0.917 bits per heavy atom. The van der Waals surface area contributed by atoms with Gasteiger partial charge in [-0.1, -0.05) is 12.1 Å². The zero-order valence-electron chi connectivity index (χ0n) is 19.6. The number of nitrogens with zero attached hydrogens (tertiary/aromatic N) is 1. The van der Waals surface area contributed by atoms with Crippen LogP contribution in [0.5, 0.6) is 5.75 Å². The van der Waals surface area contributed by atoms with Crippen molar-refractivity contribution in [2.75, 3.05) is 17.3 Å². The van der Waals surface area contributed by atoms with E-state index in [1.165, 1.54) is 0 Å². The van der Waals surface area contributed by atoms with Crippen LogP contribution in [0.3, 0.4) is 0 Å². The van der Waals surface area contributed by atoms with Crippen LogP contribution >= 0.6 is 0 Å². The first-order valence-electron chi connectivity index (χ1n) is 11.8. The van der Waals surface area contributed by atoms with Crippen molar-refractivity contribution < 1.29 is 23.2 Å². The molecule has 0 bridgehead atoms. The number of carbonyl (C=O) groups is 2. The molecular weight excluding hydrogens is 456 g/mol. The summed E-state index contributed by atoms with van der Waals surface area (Å²) >= 11 is 0. The monoisotopic (exact) mass is 480 g/mol. The van der Waals surface area contributed by atoms with Gasteiger partial charge >= 0.3 is 0 Å². The number of amides is 1. The predicted octanol–water partition coefficient (Wildman–Crippen LogP) is 6.10. The molecule has 4 aromatic rings. The fourth-order valence-corrected chi connectivity index (χ4v) is 5.13. The Kier molecular flexibility index (Phi) is 5.45. The number of ether oxygens (including phenoxy) is 1. The summed E-state index contributed by atoms with van der Waals surface area (Å²) < 4.78 is 16.8. The second-order valence-electron chi connectivity index (χ2n) is 8.90. The average Bonchev–Trinajstić information content (AvgIpc) is 3.61. The van der Waals surface area contributed by atoms with Gasteiger partial charge in [0.15, 0.2) is 5.78 Å². The van der Waals surface area contributed by atoms with Crippen LogP contribution in [-0.2, 0) is 4.79 Å². The van der Waals surface area contributed by atoms with Crippen LogP contribution in [0.25, 0.3) is 0 Å². The lowest BCUT2D eigenvalue weighted by Gasteiger charge is -2.33. The third-order valence-electron chi connectivity index (χ3n) is 6.80. The summed E-state index contributed by atoms with van der Waals surface area (Å²) in [5.74, 6) is 1.56. The number of Topliss-reactive ketones (excluding diaryl/α,β-unsaturated/α-hetero) is 1. The molecule has 1 aliphatic carbocycles. The van der Waals surface area contributed by atoms with E-state index < -0.39 is 6.04 Å². The van der Waals surface area contributed by atoms with Gasteiger partial charge in [0.25, 0.3) is 5.91 Å². The molecule has 3 heterocycles. The number of para-hydroxylation sites is 2. The molecule has 0 spiro atoms. The molecule has 0 unspecified atom stereocenters. The van der Waals surface area contributed by atoms with E-state index in [0.29, 0.717) is 34.8 Å². The highest BCUT2D eigenvalue weighted by molar-refractivity contribution is 6.12. The molecule has 1 aliphatic heterocycles.